The molecule has 1 aliphatic heterocycles. The van der Waals surface area contributed by atoms with E-state index in [4.69, 9.17) is 5.41 Å². The Hall–Kier alpha value is -2.13. The van der Waals surface area contributed by atoms with E-state index < -0.39 is 0 Å². The maximum atomic E-state index is 8.77. The van der Waals surface area contributed by atoms with Gasteiger partial charge < -0.3 is 4.57 Å². The van der Waals surface area contributed by atoms with Gasteiger partial charge in [-0.3, -0.25) is 5.41 Å². The van der Waals surface area contributed by atoms with Crippen LogP contribution in [0.25, 0.3) is 22.3 Å². The van der Waals surface area contributed by atoms with Crippen LogP contribution in [0.2, 0.25) is 0 Å². The van der Waals surface area contributed by atoms with E-state index in [0.29, 0.717) is 5.49 Å². The fraction of sp³-hybridized carbons (Fsp3) is 0.150. The zero-order valence-electron chi connectivity index (χ0n) is 12.7. The molecule has 2 aromatic carbocycles. The number of hydrogen-bond donors (Lipinski definition) is 1. The van der Waals surface area contributed by atoms with Crippen molar-refractivity contribution in [3.63, 3.8) is 0 Å². The van der Waals surface area contributed by atoms with E-state index in [-0.39, 0.29) is 0 Å². The number of hydrogen-bond acceptors (Lipinski definition) is 1. The number of benzene rings is 2. The highest BCUT2D eigenvalue weighted by Gasteiger charge is 2.18. The lowest BCUT2D eigenvalue weighted by Crippen LogP contribution is -2.22. The van der Waals surface area contributed by atoms with Gasteiger partial charge in [0.25, 0.3) is 0 Å². The minimum Gasteiger partial charge on any atom is -0.330 e. The Labute approximate surface area is 144 Å². The second kappa shape index (κ2) is 5.82. The molecule has 0 unspecified atom stereocenters. The molecule has 2 heterocycles. The molecule has 0 saturated heterocycles. The molecule has 4 rings (SSSR count). The lowest BCUT2D eigenvalue weighted by Gasteiger charge is -2.16. The SMILES string of the molecule is N=c1c(-c2cccc(Br)c2)c(-c2ccccc2)cc2n1CCC2. The molecule has 2 nitrogen and oxygen atoms in total. The summed E-state index contributed by atoms with van der Waals surface area (Å²) in [5, 5.41) is 8.77. The summed E-state index contributed by atoms with van der Waals surface area (Å²) in [5.41, 5.74) is 6.33. The van der Waals surface area contributed by atoms with Crippen molar-refractivity contribution in [2.75, 3.05) is 0 Å². The zero-order valence-corrected chi connectivity index (χ0v) is 14.3. The molecular formula is C20H17BrN2. The molecule has 23 heavy (non-hydrogen) atoms. The van der Waals surface area contributed by atoms with Gasteiger partial charge in [0.15, 0.2) is 0 Å². The second-order valence-corrected chi connectivity index (χ2v) is 6.82. The summed E-state index contributed by atoms with van der Waals surface area (Å²) < 4.78 is 3.20. The number of nitrogens with one attached hydrogen (secondary N) is 1. The highest BCUT2D eigenvalue weighted by Crippen LogP contribution is 2.32. The van der Waals surface area contributed by atoms with Gasteiger partial charge in [-0.1, -0.05) is 58.4 Å². The van der Waals surface area contributed by atoms with Crippen LogP contribution in [-0.4, -0.2) is 4.57 Å². The Kier molecular flexibility index (Phi) is 3.66. The molecule has 114 valence electrons. The first-order valence-electron chi connectivity index (χ1n) is 7.87. The molecular weight excluding hydrogens is 348 g/mol. The molecule has 1 aliphatic rings. The number of fused-ring (bicyclic) bond motifs is 1. The molecule has 3 heteroatoms. The number of nitrogens with zero attached hydrogens (tertiary/aromatic N) is 1. The first-order valence-corrected chi connectivity index (χ1v) is 8.66. The van der Waals surface area contributed by atoms with Crippen molar-refractivity contribution in [3.05, 3.63) is 76.3 Å². The summed E-state index contributed by atoms with van der Waals surface area (Å²) in [6, 6.07) is 20.9. The Bertz CT molecular complexity index is 926. The Morgan fingerprint density at radius 3 is 2.48 bits per heavy atom. The van der Waals surface area contributed by atoms with E-state index >= 15 is 0 Å². The van der Waals surface area contributed by atoms with Crippen LogP contribution in [0.4, 0.5) is 0 Å². The third-order valence-corrected chi connectivity index (χ3v) is 4.94. The van der Waals surface area contributed by atoms with Gasteiger partial charge in [0.05, 0.1) is 0 Å². The van der Waals surface area contributed by atoms with Gasteiger partial charge in [0.2, 0.25) is 0 Å². The molecule has 0 saturated carbocycles. The van der Waals surface area contributed by atoms with E-state index in [1.165, 1.54) is 11.3 Å². The van der Waals surface area contributed by atoms with Gasteiger partial charge >= 0.3 is 0 Å². The molecule has 0 aliphatic carbocycles. The average molecular weight is 365 g/mol. The van der Waals surface area contributed by atoms with E-state index in [1.807, 2.05) is 18.2 Å². The topological polar surface area (TPSA) is 28.8 Å². The molecule has 0 spiro atoms. The van der Waals surface area contributed by atoms with Crippen molar-refractivity contribution >= 4 is 15.9 Å². The van der Waals surface area contributed by atoms with Crippen molar-refractivity contribution in [1.29, 1.82) is 5.41 Å². The van der Waals surface area contributed by atoms with Crippen molar-refractivity contribution in [2.24, 2.45) is 0 Å². The molecule has 0 atom stereocenters. The van der Waals surface area contributed by atoms with Gasteiger partial charge in [-0.25, -0.2) is 0 Å². The van der Waals surface area contributed by atoms with Crippen LogP contribution >= 0.6 is 15.9 Å². The van der Waals surface area contributed by atoms with Gasteiger partial charge in [-0.05, 0) is 47.7 Å². The van der Waals surface area contributed by atoms with E-state index in [2.05, 4.69) is 63.0 Å². The van der Waals surface area contributed by atoms with E-state index in [0.717, 1.165) is 40.5 Å². The summed E-state index contributed by atoms with van der Waals surface area (Å²) in [5.74, 6) is 0. The van der Waals surface area contributed by atoms with Gasteiger partial charge in [0.1, 0.15) is 5.49 Å². The predicted molar refractivity (Wildman–Crippen MR) is 97.2 cm³/mol. The van der Waals surface area contributed by atoms with Gasteiger partial charge in [-0.2, -0.15) is 0 Å². The first kappa shape index (κ1) is 14.5. The lowest BCUT2D eigenvalue weighted by molar-refractivity contribution is 0.702. The van der Waals surface area contributed by atoms with Crippen LogP contribution in [0.1, 0.15) is 12.1 Å². The Morgan fingerprint density at radius 2 is 1.70 bits per heavy atom. The van der Waals surface area contributed by atoms with Crippen LogP contribution in [0.5, 0.6) is 0 Å². The third-order valence-electron chi connectivity index (χ3n) is 4.45. The number of pyridine rings is 1. The van der Waals surface area contributed by atoms with Crippen LogP contribution in [-0.2, 0) is 13.0 Å². The number of aromatic nitrogens is 1. The largest absolute Gasteiger partial charge is 0.330 e. The number of halogens is 1. The summed E-state index contributed by atoms with van der Waals surface area (Å²) in [7, 11) is 0. The molecule has 3 aromatic rings. The zero-order chi connectivity index (χ0) is 15.8. The summed E-state index contributed by atoms with van der Waals surface area (Å²) in [4.78, 5) is 0. The quantitative estimate of drug-likeness (QED) is 0.662. The maximum absolute atomic E-state index is 8.77. The Balaban J connectivity index is 2.05. The Morgan fingerprint density at radius 1 is 0.913 bits per heavy atom. The molecule has 1 aromatic heterocycles. The summed E-state index contributed by atoms with van der Waals surface area (Å²) in [6.45, 7) is 0.949. The highest BCUT2D eigenvalue weighted by molar-refractivity contribution is 9.10. The smallest absolute Gasteiger partial charge is 0.133 e. The molecule has 0 radical (unpaired) electrons. The van der Waals surface area contributed by atoms with Crippen LogP contribution in [0.15, 0.2) is 65.1 Å². The van der Waals surface area contributed by atoms with Crippen LogP contribution in [0.3, 0.4) is 0 Å². The van der Waals surface area contributed by atoms with Crippen molar-refractivity contribution < 1.29 is 0 Å². The summed E-state index contributed by atoms with van der Waals surface area (Å²) >= 11 is 3.56. The number of aryl methyl sites for hydroxylation is 1. The van der Waals surface area contributed by atoms with E-state index in [1.54, 1.807) is 0 Å². The summed E-state index contributed by atoms with van der Waals surface area (Å²) in [6.07, 6.45) is 2.19. The number of rotatable bonds is 2. The highest BCUT2D eigenvalue weighted by atomic mass is 79.9. The molecule has 1 N–H and O–H groups in total. The van der Waals surface area contributed by atoms with Crippen molar-refractivity contribution in [2.45, 2.75) is 19.4 Å². The van der Waals surface area contributed by atoms with E-state index in [9.17, 15) is 0 Å². The minimum absolute atomic E-state index is 0.622. The predicted octanol–water partition coefficient (Wildman–Crippen LogP) is 5.01. The van der Waals surface area contributed by atoms with Gasteiger partial charge in [0, 0.05) is 22.3 Å². The minimum atomic E-state index is 0.622. The monoisotopic (exact) mass is 364 g/mol. The molecule has 0 amide bonds. The fourth-order valence-corrected chi connectivity index (χ4v) is 3.78. The van der Waals surface area contributed by atoms with Crippen molar-refractivity contribution in [1.82, 2.24) is 4.57 Å². The first-order chi connectivity index (χ1) is 11.2. The molecule has 0 bridgehead atoms. The fourth-order valence-electron chi connectivity index (χ4n) is 3.39. The third kappa shape index (κ3) is 2.55. The standard InChI is InChI=1S/C20H17BrN2/c21-16-9-4-8-15(12-16)19-18(14-6-2-1-3-7-14)13-17-10-5-11-23(17)20(19)22/h1-4,6-9,12-13,22H,5,10-11H2. The van der Waals surface area contributed by atoms with Crippen LogP contribution < -0.4 is 5.49 Å². The lowest BCUT2D eigenvalue weighted by atomic mass is 9.95. The van der Waals surface area contributed by atoms with Crippen molar-refractivity contribution in [3.8, 4) is 22.3 Å². The maximum Gasteiger partial charge on any atom is 0.133 e. The average Bonchev–Trinajstić information content (AvgIpc) is 3.04. The second-order valence-electron chi connectivity index (χ2n) is 5.90. The van der Waals surface area contributed by atoms with Crippen LogP contribution in [0, 0.1) is 5.41 Å². The van der Waals surface area contributed by atoms with Gasteiger partial charge in [-0.15, -0.1) is 0 Å². The molecule has 0 fully saturated rings. The normalized spacial score (nSPS) is 13.1.